The fraction of sp³-hybridized carbons (Fsp3) is 0.300. The second-order valence-electron chi connectivity index (χ2n) is 3.34. The van der Waals surface area contributed by atoms with Gasteiger partial charge in [0.25, 0.3) is 0 Å². The highest BCUT2D eigenvalue weighted by molar-refractivity contribution is 5.44. The Morgan fingerprint density at radius 1 is 1.29 bits per heavy atom. The molecule has 0 unspecified atom stereocenters. The van der Waals surface area contributed by atoms with Crippen LogP contribution in [0.1, 0.15) is 19.4 Å². The molecule has 0 heterocycles. The molecule has 0 aliphatic heterocycles. The molecule has 0 aliphatic carbocycles. The summed E-state index contributed by atoms with van der Waals surface area (Å²) in [5, 5.41) is 0. The van der Waals surface area contributed by atoms with Crippen LogP contribution in [-0.2, 0) is 15.2 Å². The van der Waals surface area contributed by atoms with Gasteiger partial charge in [0.15, 0.2) is 0 Å². The van der Waals surface area contributed by atoms with E-state index in [1.54, 1.807) is 0 Å². The maximum Gasteiger partial charge on any atom is 0.223 e. The van der Waals surface area contributed by atoms with Gasteiger partial charge in [0.1, 0.15) is 5.60 Å². The van der Waals surface area contributed by atoms with Crippen molar-refractivity contribution in [1.82, 2.24) is 11.0 Å². The van der Waals surface area contributed by atoms with E-state index in [-0.39, 0.29) is 0 Å². The summed E-state index contributed by atoms with van der Waals surface area (Å²) in [5.74, 6) is 0. The van der Waals surface area contributed by atoms with Gasteiger partial charge in [0, 0.05) is 0 Å². The van der Waals surface area contributed by atoms with Crippen LogP contribution in [0.2, 0.25) is 0 Å². The van der Waals surface area contributed by atoms with Gasteiger partial charge in [0.2, 0.25) is 6.41 Å². The Kier molecular flexibility index (Phi) is 3.62. The maximum absolute atomic E-state index is 9.97. The molecule has 4 heteroatoms. The third-order valence-corrected chi connectivity index (χ3v) is 1.89. The summed E-state index contributed by atoms with van der Waals surface area (Å²) in [7, 11) is 0. The van der Waals surface area contributed by atoms with Crippen molar-refractivity contribution in [2.45, 2.75) is 19.4 Å². The number of hydrogen-bond donors (Lipinski definition) is 2. The molecule has 2 N–H and O–H groups in total. The second kappa shape index (κ2) is 4.74. The molecule has 0 saturated carbocycles. The Hall–Kier alpha value is -1.39. The van der Waals surface area contributed by atoms with E-state index in [0.717, 1.165) is 5.56 Å². The molecule has 1 aromatic carbocycles. The number of benzene rings is 1. The highest BCUT2D eigenvalue weighted by atomic mass is 16.7. The third kappa shape index (κ3) is 2.83. The van der Waals surface area contributed by atoms with Crippen LogP contribution in [0.25, 0.3) is 0 Å². The fourth-order valence-corrected chi connectivity index (χ4v) is 1.08. The van der Waals surface area contributed by atoms with Crippen LogP contribution in [0.5, 0.6) is 0 Å². The van der Waals surface area contributed by atoms with Crippen LogP contribution in [0.3, 0.4) is 0 Å². The van der Waals surface area contributed by atoms with Gasteiger partial charge < -0.3 is 0 Å². The number of hydrogen-bond acceptors (Lipinski definition) is 3. The lowest BCUT2D eigenvalue weighted by Crippen LogP contribution is -2.38. The minimum absolute atomic E-state index is 0.489. The molecule has 1 aromatic rings. The Morgan fingerprint density at radius 3 is 2.50 bits per heavy atom. The summed E-state index contributed by atoms with van der Waals surface area (Å²) < 4.78 is 0. The summed E-state index contributed by atoms with van der Waals surface area (Å²) in [6.07, 6.45) is 0.515. The van der Waals surface area contributed by atoms with Crippen molar-refractivity contribution in [2.75, 3.05) is 0 Å². The Bertz CT molecular complexity index is 285. The first-order valence-corrected chi connectivity index (χ1v) is 4.34. The van der Waals surface area contributed by atoms with Crippen molar-refractivity contribution in [2.24, 2.45) is 0 Å². The van der Waals surface area contributed by atoms with Crippen molar-refractivity contribution in [3.63, 3.8) is 0 Å². The summed E-state index contributed by atoms with van der Waals surface area (Å²) in [6, 6.07) is 9.74. The van der Waals surface area contributed by atoms with Gasteiger partial charge in [-0.1, -0.05) is 30.3 Å². The van der Waals surface area contributed by atoms with Gasteiger partial charge in [-0.05, 0) is 19.4 Å². The van der Waals surface area contributed by atoms with E-state index < -0.39 is 5.60 Å². The van der Waals surface area contributed by atoms with Gasteiger partial charge in [-0.2, -0.15) is 0 Å². The van der Waals surface area contributed by atoms with Gasteiger partial charge in [0.05, 0.1) is 0 Å². The average molecular weight is 194 g/mol. The Labute approximate surface area is 83.2 Å². The first kappa shape index (κ1) is 10.7. The lowest BCUT2D eigenvalue weighted by Gasteiger charge is -2.24. The molecule has 0 atom stereocenters. The van der Waals surface area contributed by atoms with E-state index in [1.165, 1.54) is 0 Å². The summed E-state index contributed by atoms with van der Waals surface area (Å²) in [5.41, 5.74) is 5.12. The standard InChI is InChI=1S/C10H14N2O2/c1-10(2,14-12-11-8-13)9-6-4-3-5-7-9/h3-8,12H,1-2H3,(H,11,13). The maximum atomic E-state index is 9.97. The zero-order valence-corrected chi connectivity index (χ0v) is 8.28. The lowest BCUT2D eigenvalue weighted by atomic mass is 9.99. The quantitative estimate of drug-likeness (QED) is 0.419. The molecular formula is C10H14N2O2. The van der Waals surface area contributed by atoms with E-state index >= 15 is 0 Å². The molecule has 1 rings (SSSR count). The van der Waals surface area contributed by atoms with Crippen LogP contribution in [0, 0.1) is 0 Å². The van der Waals surface area contributed by atoms with Gasteiger partial charge in [-0.15, -0.1) is 5.59 Å². The van der Waals surface area contributed by atoms with Gasteiger partial charge >= 0.3 is 0 Å². The highest BCUT2D eigenvalue weighted by Gasteiger charge is 2.21. The fourth-order valence-electron chi connectivity index (χ4n) is 1.08. The molecule has 0 fully saturated rings. The summed E-state index contributed by atoms with van der Waals surface area (Å²) in [6.45, 7) is 3.81. The van der Waals surface area contributed by atoms with E-state index in [0.29, 0.717) is 6.41 Å². The number of rotatable bonds is 5. The summed E-state index contributed by atoms with van der Waals surface area (Å²) in [4.78, 5) is 15.2. The van der Waals surface area contributed by atoms with Crippen molar-refractivity contribution >= 4 is 6.41 Å². The smallest absolute Gasteiger partial charge is 0.223 e. The van der Waals surface area contributed by atoms with E-state index in [4.69, 9.17) is 4.84 Å². The molecule has 0 aromatic heterocycles. The zero-order valence-electron chi connectivity index (χ0n) is 8.28. The number of hydrazine groups is 1. The lowest BCUT2D eigenvalue weighted by molar-refractivity contribution is -0.130. The first-order chi connectivity index (χ1) is 6.67. The largest absolute Gasteiger partial charge is 0.277 e. The molecule has 4 nitrogen and oxygen atoms in total. The minimum atomic E-state index is -0.489. The number of nitrogens with one attached hydrogen (secondary N) is 2. The first-order valence-electron chi connectivity index (χ1n) is 4.34. The second-order valence-corrected chi connectivity index (χ2v) is 3.34. The Balaban J connectivity index is 2.61. The van der Waals surface area contributed by atoms with E-state index in [2.05, 4.69) is 11.0 Å². The number of carbonyl (C=O) groups is 1. The molecule has 0 radical (unpaired) electrons. The molecule has 0 aliphatic rings. The van der Waals surface area contributed by atoms with E-state index in [9.17, 15) is 4.79 Å². The van der Waals surface area contributed by atoms with Crippen LogP contribution in [0.15, 0.2) is 30.3 Å². The van der Waals surface area contributed by atoms with Gasteiger partial charge in [-0.25, -0.2) is 0 Å². The topological polar surface area (TPSA) is 50.4 Å². The van der Waals surface area contributed by atoms with Gasteiger partial charge in [-0.3, -0.25) is 15.1 Å². The SMILES string of the molecule is CC(C)(ONNC=O)c1ccccc1. The molecule has 0 saturated heterocycles. The van der Waals surface area contributed by atoms with Crippen molar-refractivity contribution in [3.05, 3.63) is 35.9 Å². The predicted molar refractivity (Wildman–Crippen MR) is 52.9 cm³/mol. The normalized spacial score (nSPS) is 11.0. The zero-order chi connectivity index (χ0) is 10.4. The molecular weight excluding hydrogens is 180 g/mol. The van der Waals surface area contributed by atoms with Crippen molar-refractivity contribution in [3.8, 4) is 0 Å². The number of carbonyl (C=O) groups excluding carboxylic acids is 1. The number of amides is 1. The average Bonchev–Trinajstić information content (AvgIpc) is 2.19. The molecule has 76 valence electrons. The molecule has 1 amide bonds. The third-order valence-electron chi connectivity index (χ3n) is 1.89. The minimum Gasteiger partial charge on any atom is -0.277 e. The van der Waals surface area contributed by atoms with Crippen LogP contribution in [0.4, 0.5) is 0 Å². The van der Waals surface area contributed by atoms with Crippen molar-refractivity contribution < 1.29 is 9.63 Å². The molecule has 14 heavy (non-hydrogen) atoms. The summed E-state index contributed by atoms with van der Waals surface area (Å²) >= 11 is 0. The highest BCUT2D eigenvalue weighted by Crippen LogP contribution is 2.22. The Morgan fingerprint density at radius 2 is 1.93 bits per heavy atom. The van der Waals surface area contributed by atoms with Crippen molar-refractivity contribution in [1.29, 1.82) is 0 Å². The molecule has 0 bridgehead atoms. The van der Waals surface area contributed by atoms with Crippen LogP contribution in [-0.4, -0.2) is 6.41 Å². The molecule has 0 spiro atoms. The van der Waals surface area contributed by atoms with E-state index in [1.807, 2.05) is 44.2 Å². The monoisotopic (exact) mass is 194 g/mol. The van der Waals surface area contributed by atoms with Crippen LogP contribution >= 0.6 is 0 Å². The predicted octanol–water partition coefficient (Wildman–Crippen LogP) is 1.10. The van der Waals surface area contributed by atoms with Crippen LogP contribution < -0.4 is 11.0 Å².